The van der Waals surface area contributed by atoms with E-state index in [-0.39, 0.29) is 0 Å². The van der Waals surface area contributed by atoms with E-state index in [0.717, 1.165) is 0 Å². The number of benzene rings is 1. The highest BCUT2D eigenvalue weighted by Gasteiger charge is 2.04. The Kier molecular flexibility index (Phi) is 2.51. The van der Waals surface area contributed by atoms with Crippen molar-refractivity contribution in [1.29, 1.82) is 0 Å². The van der Waals surface area contributed by atoms with E-state index in [4.69, 9.17) is 22.1 Å². The lowest BCUT2D eigenvalue weighted by Crippen LogP contribution is -1.93. The summed E-state index contributed by atoms with van der Waals surface area (Å²) >= 11 is 5.77. The average Bonchev–Trinajstić information content (AvgIpc) is 2.56. The predicted octanol–water partition coefficient (Wildman–Crippen LogP) is 2.45. The highest BCUT2D eigenvalue weighted by Crippen LogP contribution is 2.28. The van der Waals surface area contributed by atoms with Crippen molar-refractivity contribution in [1.82, 2.24) is 9.78 Å². The van der Waals surface area contributed by atoms with Gasteiger partial charge in [-0.25, -0.2) is 0 Å². The van der Waals surface area contributed by atoms with Crippen LogP contribution in [0.3, 0.4) is 0 Å². The van der Waals surface area contributed by atoms with Crippen LogP contribution >= 0.6 is 11.6 Å². The number of hydrogen-bond acceptors (Lipinski definition) is 3. The largest absolute Gasteiger partial charge is 0.435 e. The summed E-state index contributed by atoms with van der Waals surface area (Å²) in [4.78, 5) is 0. The lowest BCUT2D eigenvalue weighted by atomic mass is 10.3. The number of hydrogen-bond donors (Lipinski definition) is 1. The predicted molar refractivity (Wildman–Crippen MR) is 59.1 cm³/mol. The van der Waals surface area contributed by atoms with Gasteiger partial charge >= 0.3 is 0 Å². The SMILES string of the molecule is Cn1ccc(Oc2ccc(Cl)cc2N)n1. The maximum Gasteiger partial charge on any atom is 0.238 e. The summed E-state index contributed by atoms with van der Waals surface area (Å²) in [7, 11) is 1.82. The zero-order valence-electron chi connectivity index (χ0n) is 8.14. The first kappa shape index (κ1) is 9.86. The maximum absolute atomic E-state index is 5.77. The smallest absolute Gasteiger partial charge is 0.238 e. The summed E-state index contributed by atoms with van der Waals surface area (Å²) in [6.07, 6.45) is 1.79. The number of nitrogen functional groups attached to an aromatic ring is 1. The van der Waals surface area contributed by atoms with Gasteiger partial charge in [-0.3, -0.25) is 4.68 Å². The minimum Gasteiger partial charge on any atom is -0.435 e. The van der Waals surface area contributed by atoms with Crippen LogP contribution in [0, 0.1) is 0 Å². The Labute approximate surface area is 92.2 Å². The van der Waals surface area contributed by atoms with Crippen LogP contribution in [0.2, 0.25) is 5.02 Å². The lowest BCUT2D eigenvalue weighted by Gasteiger charge is -2.05. The third-order valence-electron chi connectivity index (χ3n) is 1.88. The molecule has 2 rings (SSSR count). The van der Waals surface area contributed by atoms with Crippen molar-refractivity contribution in [3.8, 4) is 11.6 Å². The molecule has 0 radical (unpaired) electrons. The molecule has 78 valence electrons. The van der Waals surface area contributed by atoms with E-state index in [1.165, 1.54) is 0 Å². The molecule has 0 aliphatic heterocycles. The fourth-order valence-electron chi connectivity index (χ4n) is 1.17. The van der Waals surface area contributed by atoms with E-state index >= 15 is 0 Å². The average molecular weight is 224 g/mol. The van der Waals surface area contributed by atoms with Gasteiger partial charge in [-0.05, 0) is 18.2 Å². The molecule has 0 aliphatic rings. The monoisotopic (exact) mass is 223 g/mol. The Bertz CT molecular complexity index is 481. The Morgan fingerprint density at radius 2 is 2.20 bits per heavy atom. The van der Waals surface area contributed by atoms with Gasteiger partial charge in [-0.1, -0.05) is 11.6 Å². The van der Waals surface area contributed by atoms with Crippen LogP contribution < -0.4 is 10.5 Å². The van der Waals surface area contributed by atoms with Gasteiger partial charge in [-0.2, -0.15) is 0 Å². The van der Waals surface area contributed by atoms with Gasteiger partial charge in [0.05, 0.1) is 5.69 Å². The molecule has 1 aromatic carbocycles. The summed E-state index contributed by atoms with van der Waals surface area (Å²) in [5.74, 6) is 1.06. The van der Waals surface area contributed by atoms with E-state index in [2.05, 4.69) is 5.10 Å². The van der Waals surface area contributed by atoms with Gasteiger partial charge in [0.1, 0.15) is 0 Å². The fourth-order valence-corrected chi connectivity index (χ4v) is 1.35. The summed E-state index contributed by atoms with van der Waals surface area (Å²) in [5.41, 5.74) is 6.23. The van der Waals surface area contributed by atoms with Crippen molar-refractivity contribution in [2.75, 3.05) is 5.73 Å². The molecule has 0 bridgehead atoms. The molecule has 15 heavy (non-hydrogen) atoms. The summed E-state index contributed by atoms with van der Waals surface area (Å²) < 4.78 is 7.12. The van der Waals surface area contributed by atoms with E-state index in [1.54, 1.807) is 35.1 Å². The molecule has 2 N–H and O–H groups in total. The molecule has 0 saturated heterocycles. The number of aryl methyl sites for hydroxylation is 1. The third kappa shape index (κ3) is 2.22. The van der Waals surface area contributed by atoms with Gasteiger partial charge in [0, 0.05) is 24.3 Å². The topological polar surface area (TPSA) is 53.1 Å². The Morgan fingerprint density at radius 3 is 2.80 bits per heavy atom. The van der Waals surface area contributed by atoms with Crippen LogP contribution in [0.1, 0.15) is 0 Å². The third-order valence-corrected chi connectivity index (χ3v) is 2.11. The first-order chi connectivity index (χ1) is 7.15. The van der Waals surface area contributed by atoms with Crippen LogP contribution in [-0.4, -0.2) is 9.78 Å². The molecular weight excluding hydrogens is 214 g/mol. The first-order valence-electron chi connectivity index (χ1n) is 4.37. The normalized spacial score (nSPS) is 10.3. The van der Waals surface area contributed by atoms with Crippen LogP contribution in [0.15, 0.2) is 30.5 Å². The second-order valence-electron chi connectivity index (χ2n) is 3.11. The quantitative estimate of drug-likeness (QED) is 0.796. The number of ether oxygens (including phenoxy) is 1. The Morgan fingerprint density at radius 1 is 1.40 bits per heavy atom. The molecule has 0 saturated carbocycles. The number of anilines is 1. The first-order valence-corrected chi connectivity index (χ1v) is 4.75. The fraction of sp³-hybridized carbons (Fsp3) is 0.100. The molecule has 1 aromatic heterocycles. The second-order valence-corrected chi connectivity index (χ2v) is 3.55. The van der Waals surface area contributed by atoms with E-state index < -0.39 is 0 Å². The molecule has 2 aromatic rings. The molecule has 0 unspecified atom stereocenters. The molecule has 5 heteroatoms. The molecule has 0 atom stereocenters. The Hall–Kier alpha value is -1.68. The van der Waals surface area contributed by atoms with Gasteiger partial charge in [0.25, 0.3) is 0 Å². The van der Waals surface area contributed by atoms with Crippen LogP contribution in [-0.2, 0) is 7.05 Å². The number of halogens is 1. The van der Waals surface area contributed by atoms with Gasteiger partial charge < -0.3 is 10.5 Å². The Balaban J connectivity index is 2.24. The zero-order chi connectivity index (χ0) is 10.8. The van der Waals surface area contributed by atoms with Crippen molar-refractivity contribution in [2.45, 2.75) is 0 Å². The van der Waals surface area contributed by atoms with Crippen molar-refractivity contribution < 1.29 is 4.74 Å². The van der Waals surface area contributed by atoms with Gasteiger partial charge in [0.2, 0.25) is 5.88 Å². The lowest BCUT2D eigenvalue weighted by molar-refractivity contribution is 0.456. The second kappa shape index (κ2) is 3.82. The minimum absolute atomic E-state index is 0.494. The van der Waals surface area contributed by atoms with E-state index in [0.29, 0.717) is 22.3 Å². The summed E-state index contributed by atoms with van der Waals surface area (Å²) in [6, 6.07) is 6.83. The summed E-state index contributed by atoms with van der Waals surface area (Å²) in [6.45, 7) is 0. The van der Waals surface area contributed by atoms with Crippen molar-refractivity contribution in [3.63, 3.8) is 0 Å². The number of aromatic nitrogens is 2. The molecule has 0 amide bonds. The van der Waals surface area contributed by atoms with Crippen molar-refractivity contribution >= 4 is 17.3 Å². The molecular formula is C10H10ClN3O. The molecule has 1 heterocycles. The number of nitrogens with two attached hydrogens (primary N) is 1. The van der Waals surface area contributed by atoms with E-state index in [1.807, 2.05) is 7.05 Å². The molecule has 0 spiro atoms. The standard InChI is InChI=1S/C10H10ClN3O/c1-14-5-4-10(13-14)15-9-3-2-7(11)6-8(9)12/h2-6H,12H2,1H3. The molecule has 0 fully saturated rings. The van der Waals surface area contributed by atoms with Crippen molar-refractivity contribution in [2.24, 2.45) is 7.05 Å². The maximum atomic E-state index is 5.77. The zero-order valence-corrected chi connectivity index (χ0v) is 8.90. The minimum atomic E-state index is 0.494. The van der Waals surface area contributed by atoms with Crippen LogP contribution in [0.5, 0.6) is 11.6 Å². The van der Waals surface area contributed by atoms with Gasteiger partial charge in [0.15, 0.2) is 5.75 Å². The van der Waals surface area contributed by atoms with Crippen LogP contribution in [0.4, 0.5) is 5.69 Å². The highest BCUT2D eigenvalue weighted by atomic mass is 35.5. The highest BCUT2D eigenvalue weighted by molar-refractivity contribution is 6.30. The van der Waals surface area contributed by atoms with Crippen LogP contribution in [0.25, 0.3) is 0 Å². The molecule has 0 aliphatic carbocycles. The van der Waals surface area contributed by atoms with Gasteiger partial charge in [-0.15, -0.1) is 5.10 Å². The number of rotatable bonds is 2. The van der Waals surface area contributed by atoms with Crippen molar-refractivity contribution in [3.05, 3.63) is 35.5 Å². The summed E-state index contributed by atoms with van der Waals surface area (Å²) in [5, 5.41) is 4.66. The van der Waals surface area contributed by atoms with E-state index in [9.17, 15) is 0 Å². The molecule has 4 nitrogen and oxygen atoms in total. The number of nitrogens with zero attached hydrogens (tertiary/aromatic N) is 2.